The molecule has 10 heavy (non-hydrogen) atoms. The van der Waals surface area contributed by atoms with E-state index in [1.54, 1.807) is 0 Å². The fourth-order valence-electron chi connectivity index (χ4n) is 0.458. The van der Waals surface area contributed by atoms with Crippen molar-refractivity contribution in [2.45, 2.75) is 0 Å². The van der Waals surface area contributed by atoms with Gasteiger partial charge in [-0.25, -0.2) is 4.79 Å². The molecule has 0 radical (unpaired) electrons. The van der Waals surface area contributed by atoms with E-state index in [-0.39, 0.29) is 5.56 Å². The highest BCUT2D eigenvalue weighted by atomic mass is 19.1. The maximum atomic E-state index is 12.1. The van der Waals surface area contributed by atoms with E-state index in [2.05, 4.69) is 10.2 Å². The van der Waals surface area contributed by atoms with Crippen LogP contribution in [-0.2, 0) is 0 Å². The Morgan fingerprint density at radius 2 is 2.40 bits per heavy atom. The molecule has 0 aromatic carbocycles. The lowest BCUT2D eigenvalue weighted by Crippen LogP contribution is -1.99. The van der Waals surface area contributed by atoms with Crippen molar-refractivity contribution in [1.29, 1.82) is 0 Å². The first-order chi connectivity index (χ1) is 4.70. The molecule has 0 aliphatic carbocycles. The normalized spacial score (nSPS) is 9.30. The Labute approximate surface area is 55.3 Å². The Morgan fingerprint density at radius 1 is 1.70 bits per heavy atom. The summed E-state index contributed by atoms with van der Waals surface area (Å²) in [5, 5.41) is 14.3. The monoisotopic (exact) mass is 142 g/mol. The van der Waals surface area contributed by atoms with Crippen molar-refractivity contribution < 1.29 is 14.3 Å². The molecule has 1 heterocycles. The van der Waals surface area contributed by atoms with Gasteiger partial charge < -0.3 is 5.11 Å². The van der Waals surface area contributed by atoms with Crippen LogP contribution >= 0.6 is 0 Å². The molecule has 0 aliphatic heterocycles. The molecule has 1 aromatic rings. The summed E-state index contributed by atoms with van der Waals surface area (Å²) in [5.74, 6) is -2.10. The summed E-state index contributed by atoms with van der Waals surface area (Å²) in [7, 11) is 0. The standard InChI is InChI=1S/C5H3FN2O2/c6-4-1-3(5(9)10)2-7-8-4/h1-2H,(H,9,10). The zero-order valence-corrected chi connectivity index (χ0v) is 4.78. The molecule has 0 saturated heterocycles. The van der Waals surface area contributed by atoms with E-state index in [9.17, 15) is 9.18 Å². The molecule has 0 spiro atoms. The van der Waals surface area contributed by atoms with Gasteiger partial charge in [-0.2, -0.15) is 9.49 Å². The van der Waals surface area contributed by atoms with Crippen molar-refractivity contribution in [3.63, 3.8) is 0 Å². The van der Waals surface area contributed by atoms with Crippen molar-refractivity contribution in [2.24, 2.45) is 0 Å². The van der Waals surface area contributed by atoms with E-state index in [4.69, 9.17) is 5.11 Å². The average molecular weight is 142 g/mol. The minimum Gasteiger partial charge on any atom is -0.478 e. The molecule has 1 aromatic heterocycles. The van der Waals surface area contributed by atoms with Gasteiger partial charge in [0.05, 0.1) is 11.8 Å². The van der Waals surface area contributed by atoms with Crippen molar-refractivity contribution >= 4 is 5.97 Å². The number of rotatable bonds is 1. The minimum absolute atomic E-state index is 0.201. The third-order valence-electron chi connectivity index (χ3n) is 0.872. The number of hydrogen-bond donors (Lipinski definition) is 1. The van der Waals surface area contributed by atoms with Crippen molar-refractivity contribution in [2.75, 3.05) is 0 Å². The zero-order chi connectivity index (χ0) is 7.56. The first-order valence-corrected chi connectivity index (χ1v) is 2.41. The molecular weight excluding hydrogens is 139 g/mol. The summed E-state index contributed by atoms with van der Waals surface area (Å²) in [5.41, 5.74) is -0.201. The molecule has 1 N–H and O–H groups in total. The summed E-state index contributed by atoms with van der Waals surface area (Å²) in [6.45, 7) is 0. The third kappa shape index (κ3) is 1.25. The third-order valence-corrected chi connectivity index (χ3v) is 0.872. The second-order valence-electron chi connectivity index (χ2n) is 1.57. The number of carboxylic acid groups (broad SMARTS) is 1. The van der Waals surface area contributed by atoms with E-state index >= 15 is 0 Å². The van der Waals surface area contributed by atoms with E-state index in [1.807, 2.05) is 0 Å². The number of carbonyl (C=O) groups is 1. The van der Waals surface area contributed by atoms with Gasteiger partial charge in [-0.15, -0.1) is 5.10 Å². The van der Waals surface area contributed by atoms with Crippen molar-refractivity contribution in [3.05, 3.63) is 23.8 Å². The van der Waals surface area contributed by atoms with Crippen LogP contribution in [0.15, 0.2) is 12.3 Å². The number of hydrogen-bond acceptors (Lipinski definition) is 3. The highest BCUT2D eigenvalue weighted by Gasteiger charge is 2.03. The number of halogens is 1. The number of aromatic carboxylic acids is 1. The molecule has 5 heteroatoms. The fraction of sp³-hybridized carbons (Fsp3) is 0. The summed E-state index contributed by atoms with van der Waals surface area (Å²) >= 11 is 0. The van der Waals surface area contributed by atoms with Crippen LogP contribution in [0, 0.1) is 5.95 Å². The molecule has 0 fully saturated rings. The van der Waals surface area contributed by atoms with Gasteiger partial charge in [-0.05, 0) is 0 Å². The minimum atomic E-state index is -1.21. The van der Waals surface area contributed by atoms with Gasteiger partial charge in [0.25, 0.3) is 0 Å². The van der Waals surface area contributed by atoms with E-state index < -0.39 is 11.9 Å². The Bertz CT molecular complexity index is 264. The summed E-state index contributed by atoms with van der Waals surface area (Å²) < 4.78 is 12.1. The van der Waals surface area contributed by atoms with Gasteiger partial charge in [-0.3, -0.25) is 0 Å². The molecule has 0 bridgehead atoms. The van der Waals surface area contributed by atoms with Crippen LogP contribution in [-0.4, -0.2) is 21.3 Å². The van der Waals surface area contributed by atoms with Crippen LogP contribution in [0.25, 0.3) is 0 Å². The molecule has 0 atom stereocenters. The molecule has 0 amide bonds. The molecule has 0 unspecified atom stereocenters. The van der Waals surface area contributed by atoms with Gasteiger partial charge in [-0.1, -0.05) is 0 Å². The Kier molecular flexibility index (Phi) is 1.57. The predicted octanol–water partition coefficient (Wildman–Crippen LogP) is 0.314. The second kappa shape index (κ2) is 2.38. The zero-order valence-electron chi connectivity index (χ0n) is 4.78. The van der Waals surface area contributed by atoms with Crippen LogP contribution in [0.1, 0.15) is 10.4 Å². The molecule has 52 valence electrons. The predicted molar refractivity (Wildman–Crippen MR) is 28.9 cm³/mol. The lowest BCUT2D eigenvalue weighted by molar-refractivity contribution is 0.0695. The van der Waals surface area contributed by atoms with Crippen LogP contribution in [0.4, 0.5) is 4.39 Å². The largest absolute Gasteiger partial charge is 0.478 e. The first kappa shape index (κ1) is 6.60. The fourth-order valence-corrected chi connectivity index (χ4v) is 0.458. The maximum Gasteiger partial charge on any atom is 0.337 e. The SMILES string of the molecule is O=C(O)c1cnnc(F)c1. The van der Waals surface area contributed by atoms with Crippen LogP contribution in [0.3, 0.4) is 0 Å². The summed E-state index contributed by atoms with van der Waals surface area (Å²) in [6, 6.07) is 0.801. The van der Waals surface area contributed by atoms with Gasteiger partial charge in [0.15, 0.2) is 0 Å². The molecule has 0 aliphatic rings. The van der Waals surface area contributed by atoms with Gasteiger partial charge in [0, 0.05) is 6.07 Å². The van der Waals surface area contributed by atoms with Crippen LogP contribution in [0.2, 0.25) is 0 Å². The second-order valence-corrected chi connectivity index (χ2v) is 1.57. The van der Waals surface area contributed by atoms with Crippen LogP contribution in [0.5, 0.6) is 0 Å². The van der Waals surface area contributed by atoms with E-state index in [1.165, 1.54) is 0 Å². The highest BCUT2D eigenvalue weighted by molar-refractivity contribution is 5.86. The van der Waals surface area contributed by atoms with Gasteiger partial charge in [0.1, 0.15) is 0 Å². The topological polar surface area (TPSA) is 63.1 Å². The van der Waals surface area contributed by atoms with Gasteiger partial charge >= 0.3 is 5.97 Å². The quantitative estimate of drug-likeness (QED) is 0.613. The summed E-state index contributed by atoms with van der Waals surface area (Å²) in [6.07, 6.45) is 0.978. The number of nitrogens with zero attached hydrogens (tertiary/aromatic N) is 2. The number of aromatic nitrogens is 2. The Morgan fingerprint density at radius 3 is 2.80 bits per heavy atom. The summed E-state index contributed by atoms with van der Waals surface area (Å²) in [4.78, 5) is 10.1. The molecule has 4 nitrogen and oxygen atoms in total. The molecule has 0 saturated carbocycles. The first-order valence-electron chi connectivity index (χ1n) is 2.41. The lowest BCUT2D eigenvalue weighted by Gasteiger charge is -1.89. The van der Waals surface area contributed by atoms with Crippen LogP contribution < -0.4 is 0 Å². The Hall–Kier alpha value is -1.52. The molecular formula is C5H3FN2O2. The smallest absolute Gasteiger partial charge is 0.337 e. The highest BCUT2D eigenvalue weighted by Crippen LogP contribution is 1.96. The van der Waals surface area contributed by atoms with E-state index in [0.29, 0.717) is 0 Å². The number of carboxylic acids is 1. The lowest BCUT2D eigenvalue weighted by atomic mass is 10.3. The maximum absolute atomic E-state index is 12.1. The Balaban J connectivity index is 3.07. The van der Waals surface area contributed by atoms with E-state index in [0.717, 1.165) is 12.3 Å². The molecule has 1 rings (SSSR count). The van der Waals surface area contributed by atoms with Gasteiger partial charge in [0.2, 0.25) is 5.95 Å². The van der Waals surface area contributed by atoms with Crippen molar-refractivity contribution in [3.8, 4) is 0 Å². The van der Waals surface area contributed by atoms with Crippen molar-refractivity contribution in [1.82, 2.24) is 10.2 Å². The average Bonchev–Trinajstić information content (AvgIpc) is 1.88.